The molecule has 1 radical (unpaired) electrons. The normalized spacial score (nSPS) is 16.0. The first-order valence-electron chi connectivity index (χ1n) is 4.47. The summed E-state index contributed by atoms with van der Waals surface area (Å²) in [6.07, 6.45) is -1.79. The number of anilines is 1. The van der Waals surface area contributed by atoms with Gasteiger partial charge in [0.25, 0.3) is 0 Å². The molecule has 1 N–H and O–H groups in total. The van der Waals surface area contributed by atoms with Crippen LogP contribution in [0.25, 0.3) is 6.08 Å². The summed E-state index contributed by atoms with van der Waals surface area (Å²) in [4.78, 5) is 0. The van der Waals surface area contributed by atoms with E-state index in [1.165, 1.54) is 6.08 Å². The topological polar surface area (TPSA) is 12.0 Å². The molecular formula is C11H9F3N. The first kappa shape index (κ1) is 10.1. The lowest BCUT2D eigenvalue weighted by Crippen LogP contribution is -2.27. The molecule has 1 aliphatic rings. The van der Waals surface area contributed by atoms with Gasteiger partial charge in [-0.15, -0.1) is 0 Å². The van der Waals surface area contributed by atoms with Gasteiger partial charge >= 0.3 is 6.18 Å². The Kier molecular flexibility index (Phi) is 2.21. The summed E-state index contributed by atoms with van der Waals surface area (Å²) in [5.74, 6) is 0. The fraction of sp³-hybridized carbons (Fsp3) is 0.182. The molecule has 0 fully saturated rings. The third-order valence-corrected chi connectivity index (χ3v) is 2.21. The standard InChI is InChI=1S/C11H9F3N/c1-7-2-4-9-8(6-7)3-5-10(15-9)11(12,13)14/h2-6,15H,1H3. The molecule has 15 heavy (non-hydrogen) atoms. The smallest absolute Gasteiger partial charge is 0.365 e. The molecule has 1 nitrogen and oxygen atoms in total. The van der Waals surface area contributed by atoms with Crippen LogP contribution in [0, 0.1) is 13.0 Å². The minimum Gasteiger partial charge on any atom is -0.365 e. The summed E-state index contributed by atoms with van der Waals surface area (Å²) < 4.78 is 37.1. The molecule has 0 amide bonds. The van der Waals surface area contributed by atoms with E-state index in [1.807, 2.05) is 13.0 Å². The van der Waals surface area contributed by atoms with Crippen LogP contribution in [0.4, 0.5) is 18.9 Å². The molecule has 0 bridgehead atoms. The number of hydrogen-bond acceptors (Lipinski definition) is 1. The summed E-state index contributed by atoms with van der Waals surface area (Å²) in [7, 11) is 0. The molecular weight excluding hydrogens is 203 g/mol. The van der Waals surface area contributed by atoms with Crippen molar-refractivity contribution in [1.29, 1.82) is 0 Å². The van der Waals surface area contributed by atoms with Crippen molar-refractivity contribution < 1.29 is 13.2 Å². The van der Waals surface area contributed by atoms with E-state index < -0.39 is 12.2 Å². The summed E-state index contributed by atoms with van der Waals surface area (Å²) in [6, 6.07) is 4.55. The third-order valence-electron chi connectivity index (χ3n) is 2.21. The monoisotopic (exact) mass is 212 g/mol. The Hall–Kier alpha value is -1.45. The minimum atomic E-state index is -4.32. The van der Waals surface area contributed by atoms with Gasteiger partial charge in [-0.2, -0.15) is 13.2 Å². The Bertz CT molecular complexity index is 407. The Morgan fingerprint density at radius 1 is 1.13 bits per heavy atom. The van der Waals surface area contributed by atoms with Gasteiger partial charge in [0, 0.05) is 5.69 Å². The summed E-state index contributed by atoms with van der Waals surface area (Å²) >= 11 is 0. The zero-order chi connectivity index (χ0) is 11.1. The minimum absolute atomic E-state index is 0.496. The molecule has 0 atom stereocenters. The second-order valence-electron chi connectivity index (χ2n) is 3.46. The van der Waals surface area contributed by atoms with Gasteiger partial charge in [-0.3, -0.25) is 0 Å². The van der Waals surface area contributed by atoms with E-state index in [-0.39, 0.29) is 0 Å². The van der Waals surface area contributed by atoms with Crippen LogP contribution >= 0.6 is 0 Å². The van der Waals surface area contributed by atoms with Gasteiger partial charge in [0.05, 0.1) is 0 Å². The van der Waals surface area contributed by atoms with E-state index >= 15 is 0 Å². The fourth-order valence-corrected chi connectivity index (χ4v) is 1.46. The molecule has 1 aromatic carbocycles. The maximum absolute atomic E-state index is 12.4. The number of alkyl halides is 3. The quantitative estimate of drug-likeness (QED) is 0.693. The lowest BCUT2D eigenvalue weighted by atomic mass is 10.0. The van der Waals surface area contributed by atoms with E-state index in [9.17, 15) is 13.2 Å². The van der Waals surface area contributed by atoms with E-state index in [4.69, 9.17) is 0 Å². The molecule has 0 unspecified atom stereocenters. The Balaban J connectivity index is 2.32. The molecule has 0 saturated carbocycles. The number of rotatable bonds is 0. The number of aryl methyl sites for hydroxylation is 1. The maximum atomic E-state index is 12.4. The summed E-state index contributed by atoms with van der Waals surface area (Å²) in [6.45, 7) is 1.90. The molecule has 1 aliphatic heterocycles. The molecule has 1 aromatic rings. The number of benzene rings is 1. The lowest BCUT2D eigenvalue weighted by Gasteiger charge is -2.23. The molecule has 0 spiro atoms. The number of hydrogen-bond donors (Lipinski definition) is 1. The predicted octanol–water partition coefficient (Wildman–Crippen LogP) is 3.53. The van der Waals surface area contributed by atoms with Crippen molar-refractivity contribution in [3.8, 4) is 0 Å². The van der Waals surface area contributed by atoms with Crippen molar-refractivity contribution in [1.82, 2.24) is 0 Å². The highest BCUT2D eigenvalue weighted by atomic mass is 19.4. The van der Waals surface area contributed by atoms with Crippen molar-refractivity contribution in [2.24, 2.45) is 0 Å². The van der Waals surface area contributed by atoms with Crippen LogP contribution in [-0.2, 0) is 0 Å². The first-order chi connectivity index (χ1) is 6.97. The van der Waals surface area contributed by atoms with Gasteiger partial charge < -0.3 is 5.32 Å². The molecule has 4 heteroatoms. The van der Waals surface area contributed by atoms with Gasteiger partial charge in [0.1, 0.15) is 0 Å². The second-order valence-corrected chi connectivity index (χ2v) is 3.46. The zero-order valence-electron chi connectivity index (χ0n) is 8.02. The van der Waals surface area contributed by atoms with Crippen LogP contribution in [0.15, 0.2) is 24.3 Å². The van der Waals surface area contributed by atoms with E-state index in [2.05, 4.69) is 5.32 Å². The highest BCUT2D eigenvalue weighted by Gasteiger charge is 2.40. The largest absolute Gasteiger partial charge is 0.418 e. The van der Waals surface area contributed by atoms with Gasteiger partial charge in [0.15, 0.2) is 6.04 Å². The van der Waals surface area contributed by atoms with Crippen LogP contribution in [-0.4, -0.2) is 6.18 Å². The van der Waals surface area contributed by atoms with Gasteiger partial charge in [-0.1, -0.05) is 17.7 Å². The van der Waals surface area contributed by atoms with Crippen molar-refractivity contribution >= 4 is 11.8 Å². The maximum Gasteiger partial charge on any atom is 0.418 e. The molecule has 79 valence electrons. The number of nitrogens with one attached hydrogen (secondary N) is 1. The average Bonchev–Trinajstić information content (AvgIpc) is 2.15. The second kappa shape index (κ2) is 3.29. The average molecular weight is 212 g/mol. The highest BCUT2D eigenvalue weighted by molar-refractivity contribution is 5.74. The van der Waals surface area contributed by atoms with Gasteiger partial charge in [-0.05, 0) is 30.7 Å². The first-order valence-corrected chi connectivity index (χ1v) is 4.47. The third kappa shape index (κ3) is 1.98. The van der Waals surface area contributed by atoms with Crippen molar-refractivity contribution in [3.05, 3.63) is 41.4 Å². The highest BCUT2D eigenvalue weighted by Crippen LogP contribution is 2.35. The van der Waals surface area contributed by atoms with Crippen molar-refractivity contribution in [2.75, 3.05) is 5.32 Å². The summed E-state index contributed by atoms with van der Waals surface area (Å²) in [5, 5.41) is 2.37. The van der Waals surface area contributed by atoms with Crippen LogP contribution in [0.5, 0.6) is 0 Å². The molecule has 2 rings (SSSR count). The van der Waals surface area contributed by atoms with Crippen molar-refractivity contribution in [2.45, 2.75) is 13.1 Å². The SMILES string of the molecule is Cc1ccc2c(c1)C=C[C](C(F)(F)F)N2. The van der Waals surface area contributed by atoms with Gasteiger partial charge in [0.2, 0.25) is 0 Å². The van der Waals surface area contributed by atoms with Crippen LogP contribution in [0.1, 0.15) is 11.1 Å². The van der Waals surface area contributed by atoms with E-state index in [0.29, 0.717) is 5.69 Å². The zero-order valence-corrected chi connectivity index (χ0v) is 8.02. The van der Waals surface area contributed by atoms with E-state index in [0.717, 1.165) is 17.2 Å². The molecule has 1 heterocycles. The Morgan fingerprint density at radius 3 is 2.53 bits per heavy atom. The van der Waals surface area contributed by atoms with Gasteiger partial charge in [-0.25, -0.2) is 0 Å². The lowest BCUT2D eigenvalue weighted by molar-refractivity contribution is -0.105. The van der Waals surface area contributed by atoms with Crippen LogP contribution < -0.4 is 5.32 Å². The Morgan fingerprint density at radius 2 is 1.87 bits per heavy atom. The Labute approximate surface area is 85.6 Å². The van der Waals surface area contributed by atoms with Crippen LogP contribution in [0.3, 0.4) is 0 Å². The number of fused-ring (bicyclic) bond motifs is 1. The predicted molar refractivity (Wildman–Crippen MR) is 53.1 cm³/mol. The number of halogens is 3. The van der Waals surface area contributed by atoms with E-state index in [1.54, 1.807) is 12.1 Å². The van der Waals surface area contributed by atoms with Crippen LogP contribution in [0.2, 0.25) is 0 Å². The molecule has 0 saturated heterocycles. The van der Waals surface area contributed by atoms with Crippen molar-refractivity contribution in [3.63, 3.8) is 0 Å². The summed E-state index contributed by atoms with van der Waals surface area (Å²) in [5.41, 5.74) is 2.30. The fourth-order valence-electron chi connectivity index (χ4n) is 1.46. The molecule has 0 aliphatic carbocycles. The molecule has 0 aromatic heterocycles.